The normalized spacial score (nSPS) is 10.0. The van der Waals surface area contributed by atoms with Gasteiger partial charge in [-0.15, -0.1) is 0 Å². The molecule has 0 saturated carbocycles. The number of phenolic OH excluding ortho intramolecular Hbond substituents is 1. The maximum absolute atomic E-state index is 10.3. The molecule has 5 nitrogen and oxygen atoms in total. The van der Waals surface area contributed by atoms with E-state index in [0.717, 1.165) is 6.08 Å². The maximum Gasteiger partial charge on any atom is 0.328 e. The number of phenols is 1. The zero-order chi connectivity index (χ0) is 12.1. The van der Waals surface area contributed by atoms with Gasteiger partial charge in [0.25, 0.3) is 0 Å². The van der Waals surface area contributed by atoms with E-state index in [1.165, 1.54) is 25.3 Å². The molecule has 0 amide bonds. The van der Waals surface area contributed by atoms with Crippen molar-refractivity contribution in [1.82, 2.24) is 0 Å². The lowest BCUT2D eigenvalue weighted by molar-refractivity contribution is -0.131. The van der Waals surface area contributed by atoms with Gasteiger partial charge in [-0.2, -0.15) is 5.26 Å². The third kappa shape index (κ3) is 2.51. The molecule has 1 rings (SSSR count). The average molecular weight is 219 g/mol. The Balaban J connectivity index is 3.27. The first-order valence-corrected chi connectivity index (χ1v) is 4.30. The van der Waals surface area contributed by atoms with Crippen molar-refractivity contribution in [3.05, 3.63) is 29.3 Å². The third-order valence-electron chi connectivity index (χ3n) is 1.86. The van der Waals surface area contributed by atoms with E-state index >= 15 is 0 Å². The van der Waals surface area contributed by atoms with Crippen molar-refractivity contribution in [2.75, 3.05) is 7.11 Å². The van der Waals surface area contributed by atoms with Gasteiger partial charge in [0.2, 0.25) is 0 Å². The minimum Gasteiger partial charge on any atom is -0.504 e. The Morgan fingerprint density at radius 2 is 2.25 bits per heavy atom. The standard InChI is InChI=1S/C11H9NO4/c1-16-9-5-7(6-12)4-8(11(9)15)2-3-10(13)14/h2-5,15H,1H3,(H,13,14). The number of nitrogens with zero attached hydrogens (tertiary/aromatic N) is 1. The highest BCUT2D eigenvalue weighted by atomic mass is 16.5. The van der Waals surface area contributed by atoms with E-state index in [2.05, 4.69) is 0 Å². The molecule has 1 aromatic rings. The number of hydrogen-bond donors (Lipinski definition) is 2. The first kappa shape index (κ1) is 11.6. The van der Waals surface area contributed by atoms with Crippen LogP contribution in [-0.4, -0.2) is 23.3 Å². The van der Waals surface area contributed by atoms with Crippen LogP contribution >= 0.6 is 0 Å². The second-order valence-electron chi connectivity index (χ2n) is 2.90. The van der Waals surface area contributed by atoms with Crippen molar-refractivity contribution >= 4 is 12.0 Å². The van der Waals surface area contributed by atoms with Crippen molar-refractivity contribution in [2.45, 2.75) is 0 Å². The number of rotatable bonds is 3. The molecule has 82 valence electrons. The highest BCUT2D eigenvalue weighted by Crippen LogP contribution is 2.32. The molecule has 0 aliphatic carbocycles. The molecule has 0 unspecified atom stereocenters. The molecular formula is C11H9NO4. The van der Waals surface area contributed by atoms with Gasteiger partial charge in [0.15, 0.2) is 11.5 Å². The molecule has 5 heteroatoms. The van der Waals surface area contributed by atoms with Crippen LogP contribution in [-0.2, 0) is 4.79 Å². The summed E-state index contributed by atoms with van der Waals surface area (Å²) in [7, 11) is 1.35. The second kappa shape index (κ2) is 4.84. The quantitative estimate of drug-likeness (QED) is 0.749. The van der Waals surface area contributed by atoms with Gasteiger partial charge >= 0.3 is 5.97 Å². The number of carbonyl (C=O) groups is 1. The molecule has 0 radical (unpaired) electrons. The molecule has 0 bridgehead atoms. The summed E-state index contributed by atoms with van der Waals surface area (Å²) in [6.07, 6.45) is 2.07. The van der Waals surface area contributed by atoms with Gasteiger partial charge in [-0.05, 0) is 12.1 Å². The number of ether oxygens (including phenoxy) is 1. The highest BCUT2D eigenvalue weighted by molar-refractivity contribution is 5.86. The van der Waals surface area contributed by atoms with Gasteiger partial charge in [-0.3, -0.25) is 0 Å². The van der Waals surface area contributed by atoms with Crippen LogP contribution in [0, 0.1) is 11.3 Å². The molecule has 0 fully saturated rings. The van der Waals surface area contributed by atoms with E-state index in [0.29, 0.717) is 0 Å². The zero-order valence-electron chi connectivity index (χ0n) is 8.47. The van der Waals surface area contributed by atoms with E-state index in [-0.39, 0.29) is 22.6 Å². The Bertz CT molecular complexity index is 485. The topological polar surface area (TPSA) is 90.5 Å². The van der Waals surface area contributed by atoms with Crippen molar-refractivity contribution < 1.29 is 19.7 Å². The molecule has 0 atom stereocenters. The Kier molecular flexibility index (Phi) is 3.51. The fourth-order valence-corrected chi connectivity index (χ4v) is 1.14. The first-order chi connectivity index (χ1) is 7.58. The molecule has 0 aliphatic rings. The van der Waals surface area contributed by atoms with Crippen LogP contribution < -0.4 is 4.74 Å². The minimum atomic E-state index is -1.14. The van der Waals surface area contributed by atoms with Crippen LogP contribution in [0.3, 0.4) is 0 Å². The molecular weight excluding hydrogens is 210 g/mol. The van der Waals surface area contributed by atoms with Gasteiger partial charge < -0.3 is 14.9 Å². The van der Waals surface area contributed by atoms with E-state index in [9.17, 15) is 9.90 Å². The number of hydrogen-bond acceptors (Lipinski definition) is 4. The molecule has 1 aromatic carbocycles. The number of benzene rings is 1. The van der Waals surface area contributed by atoms with Gasteiger partial charge in [-0.25, -0.2) is 4.79 Å². The lowest BCUT2D eigenvalue weighted by Crippen LogP contribution is -1.90. The Hall–Kier alpha value is -2.48. The Labute approximate surface area is 91.8 Å². The lowest BCUT2D eigenvalue weighted by Gasteiger charge is -2.06. The second-order valence-corrected chi connectivity index (χ2v) is 2.90. The SMILES string of the molecule is COc1cc(C#N)cc(C=CC(=O)O)c1O. The van der Waals surface area contributed by atoms with Gasteiger partial charge in [0, 0.05) is 17.7 Å². The van der Waals surface area contributed by atoms with Crippen molar-refractivity contribution in [1.29, 1.82) is 5.26 Å². The summed E-state index contributed by atoms with van der Waals surface area (Å²) in [6.45, 7) is 0. The van der Waals surface area contributed by atoms with Gasteiger partial charge in [0.1, 0.15) is 0 Å². The average Bonchev–Trinajstić information content (AvgIpc) is 2.27. The number of methoxy groups -OCH3 is 1. The molecule has 0 aromatic heterocycles. The smallest absolute Gasteiger partial charge is 0.328 e. The predicted molar refractivity (Wildman–Crippen MR) is 56.0 cm³/mol. The monoisotopic (exact) mass is 219 g/mol. The summed E-state index contributed by atoms with van der Waals surface area (Å²) < 4.78 is 4.85. The van der Waals surface area contributed by atoms with Crippen molar-refractivity contribution in [3.63, 3.8) is 0 Å². The summed E-state index contributed by atoms with van der Waals surface area (Å²) in [5.74, 6) is -1.20. The Morgan fingerprint density at radius 3 is 2.75 bits per heavy atom. The lowest BCUT2D eigenvalue weighted by atomic mass is 10.1. The number of aromatic hydroxyl groups is 1. The molecule has 0 aliphatic heterocycles. The molecule has 0 saturated heterocycles. The summed E-state index contributed by atoms with van der Waals surface area (Å²) in [6, 6.07) is 4.63. The molecule has 16 heavy (non-hydrogen) atoms. The fraction of sp³-hybridized carbons (Fsp3) is 0.0909. The van der Waals surface area contributed by atoms with Crippen molar-refractivity contribution in [3.8, 4) is 17.6 Å². The van der Waals surface area contributed by atoms with Crippen LogP contribution in [0.15, 0.2) is 18.2 Å². The summed E-state index contributed by atoms with van der Waals surface area (Å²) in [5, 5.41) is 26.8. The number of carboxylic acids is 1. The van der Waals surface area contributed by atoms with Gasteiger partial charge in [0.05, 0.1) is 18.7 Å². The first-order valence-electron chi connectivity index (χ1n) is 4.30. The maximum atomic E-state index is 10.3. The molecule has 0 spiro atoms. The van der Waals surface area contributed by atoms with E-state index < -0.39 is 5.97 Å². The molecule has 0 heterocycles. The van der Waals surface area contributed by atoms with Crippen LogP contribution in [0.5, 0.6) is 11.5 Å². The summed E-state index contributed by atoms with van der Waals surface area (Å²) >= 11 is 0. The summed E-state index contributed by atoms with van der Waals surface area (Å²) in [4.78, 5) is 10.3. The van der Waals surface area contributed by atoms with E-state index in [1.807, 2.05) is 6.07 Å². The van der Waals surface area contributed by atoms with Crippen LogP contribution in [0.2, 0.25) is 0 Å². The van der Waals surface area contributed by atoms with Gasteiger partial charge in [-0.1, -0.05) is 0 Å². The molecule has 2 N–H and O–H groups in total. The third-order valence-corrected chi connectivity index (χ3v) is 1.86. The number of aliphatic carboxylic acids is 1. The number of carboxylic acid groups (broad SMARTS) is 1. The summed E-state index contributed by atoms with van der Waals surface area (Å²) in [5.41, 5.74) is 0.498. The largest absolute Gasteiger partial charge is 0.504 e. The number of nitriles is 1. The zero-order valence-corrected chi connectivity index (χ0v) is 8.47. The van der Waals surface area contributed by atoms with Crippen LogP contribution in [0.1, 0.15) is 11.1 Å². The predicted octanol–water partition coefficient (Wildman–Crippen LogP) is 1.37. The Morgan fingerprint density at radius 1 is 1.56 bits per heavy atom. The highest BCUT2D eigenvalue weighted by Gasteiger charge is 2.08. The fourth-order valence-electron chi connectivity index (χ4n) is 1.14. The van der Waals surface area contributed by atoms with E-state index in [1.54, 1.807) is 0 Å². The van der Waals surface area contributed by atoms with E-state index in [4.69, 9.17) is 15.1 Å². The van der Waals surface area contributed by atoms with Crippen molar-refractivity contribution in [2.24, 2.45) is 0 Å². The van der Waals surface area contributed by atoms with Crippen LogP contribution in [0.25, 0.3) is 6.08 Å². The van der Waals surface area contributed by atoms with Crippen LogP contribution in [0.4, 0.5) is 0 Å². The minimum absolute atomic E-state index is 0.129.